The molecule has 0 fully saturated rings. The van der Waals surface area contributed by atoms with Crippen LogP contribution in [0.3, 0.4) is 0 Å². The summed E-state index contributed by atoms with van der Waals surface area (Å²) in [6, 6.07) is 9.64. The number of aliphatic hydroxyl groups excluding tert-OH is 1. The molecule has 29 heavy (non-hydrogen) atoms. The summed E-state index contributed by atoms with van der Waals surface area (Å²) in [5.74, 6) is 0.343. The predicted molar refractivity (Wildman–Crippen MR) is 109 cm³/mol. The maximum absolute atomic E-state index is 13.6. The summed E-state index contributed by atoms with van der Waals surface area (Å²) >= 11 is 3.33. The first-order valence-corrected chi connectivity index (χ1v) is 10.2. The molecule has 2 aliphatic rings. The van der Waals surface area contributed by atoms with Crippen LogP contribution in [0.1, 0.15) is 29.2 Å². The van der Waals surface area contributed by atoms with E-state index in [2.05, 4.69) is 26.6 Å². The topological polar surface area (TPSA) is 70.6 Å². The molecule has 3 N–H and O–H groups in total. The third-order valence-corrected chi connectivity index (χ3v) is 5.96. The summed E-state index contributed by atoms with van der Waals surface area (Å²) in [6.45, 7) is -2.00. The second kappa shape index (κ2) is 7.91. The molecule has 0 unspecified atom stereocenters. The predicted octanol–water partition coefficient (Wildman–Crippen LogP) is 4.23. The van der Waals surface area contributed by atoms with E-state index in [1.165, 1.54) is 0 Å². The first kappa shape index (κ1) is 20.1. The van der Waals surface area contributed by atoms with Crippen molar-refractivity contribution in [2.45, 2.75) is 37.0 Å². The van der Waals surface area contributed by atoms with Gasteiger partial charge in [0.25, 0.3) is 0 Å². The van der Waals surface area contributed by atoms with E-state index in [1.807, 2.05) is 12.1 Å². The molecule has 0 saturated carbocycles. The summed E-state index contributed by atoms with van der Waals surface area (Å²) in [4.78, 5) is 12.7. The second-order valence-corrected chi connectivity index (χ2v) is 8.51. The summed E-state index contributed by atoms with van der Waals surface area (Å²) < 4.78 is 33.6. The lowest BCUT2D eigenvalue weighted by atomic mass is 9.88. The molecule has 0 saturated heterocycles. The van der Waals surface area contributed by atoms with Crippen molar-refractivity contribution in [1.82, 2.24) is 5.32 Å². The number of halogens is 3. The quantitative estimate of drug-likeness (QED) is 0.631. The molecule has 2 aromatic rings. The zero-order valence-electron chi connectivity index (χ0n) is 15.6. The molecular weight excluding hydrogens is 446 g/mol. The van der Waals surface area contributed by atoms with Crippen molar-refractivity contribution in [2.75, 3.05) is 18.7 Å². The standard InChI is InChI=1S/C21H21BrF2N2O3/c22-13-4-5-15-18(9-21(10-23,11-24)29-19(15)7-13)26-20(28)25-17-3-1-2-12-6-14(27)8-16(12)17/h1-5,7,14,18,27H,6,8-11H2,(H2,25,26,28)/t14-,18-/m1/s1. The average molecular weight is 467 g/mol. The number of alkyl halides is 2. The summed E-state index contributed by atoms with van der Waals surface area (Å²) in [6.07, 6.45) is 0.566. The van der Waals surface area contributed by atoms with Crippen LogP contribution >= 0.6 is 15.9 Å². The van der Waals surface area contributed by atoms with E-state index < -0.39 is 37.1 Å². The second-order valence-electron chi connectivity index (χ2n) is 7.59. The van der Waals surface area contributed by atoms with Crippen LogP contribution < -0.4 is 15.4 Å². The molecule has 5 nitrogen and oxygen atoms in total. The van der Waals surface area contributed by atoms with Gasteiger partial charge in [0.2, 0.25) is 0 Å². The number of benzene rings is 2. The number of urea groups is 1. The Bertz CT molecular complexity index is 936. The largest absolute Gasteiger partial charge is 0.481 e. The van der Waals surface area contributed by atoms with Crippen molar-refractivity contribution >= 4 is 27.6 Å². The van der Waals surface area contributed by atoms with Crippen LogP contribution in [0.5, 0.6) is 5.75 Å². The summed E-state index contributed by atoms with van der Waals surface area (Å²) in [7, 11) is 0. The Balaban J connectivity index is 1.56. The van der Waals surface area contributed by atoms with Crippen LogP contribution in [0.2, 0.25) is 0 Å². The Morgan fingerprint density at radius 2 is 2.03 bits per heavy atom. The number of anilines is 1. The van der Waals surface area contributed by atoms with Gasteiger partial charge in [-0.1, -0.05) is 34.1 Å². The van der Waals surface area contributed by atoms with E-state index in [9.17, 15) is 18.7 Å². The van der Waals surface area contributed by atoms with Crippen LogP contribution in [0.25, 0.3) is 0 Å². The van der Waals surface area contributed by atoms with E-state index >= 15 is 0 Å². The molecule has 8 heteroatoms. The fourth-order valence-corrected chi connectivity index (χ4v) is 4.37. The van der Waals surface area contributed by atoms with Crippen LogP contribution in [0.15, 0.2) is 40.9 Å². The third kappa shape index (κ3) is 3.96. The number of rotatable bonds is 4. The monoisotopic (exact) mass is 466 g/mol. The number of hydrogen-bond donors (Lipinski definition) is 3. The molecule has 0 bridgehead atoms. The van der Waals surface area contributed by atoms with Gasteiger partial charge in [-0.05, 0) is 35.7 Å². The SMILES string of the molecule is O=C(Nc1cccc2c1C[C@H](O)C2)N[C@@H]1CC(CF)(CF)Oc2cc(Br)ccc21. The lowest BCUT2D eigenvalue weighted by Gasteiger charge is -2.39. The number of carbonyl (C=O) groups excluding carboxylic acids is 1. The molecule has 154 valence electrons. The lowest BCUT2D eigenvalue weighted by molar-refractivity contribution is -0.0105. The van der Waals surface area contributed by atoms with Crippen molar-refractivity contribution in [2.24, 2.45) is 0 Å². The smallest absolute Gasteiger partial charge is 0.319 e. The minimum atomic E-state index is -1.62. The summed E-state index contributed by atoms with van der Waals surface area (Å²) in [5, 5.41) is 15.5. The van der Waals surface area contributed by atoms with Gasteiger partial charge < -0.3 is 20.5 Å². The van der Waals surface area contributed by atoms with Crippen molar-refractivity contribution in [3.63, 3.8) is 0 Å². The number of carbonyl (C=O) groups is 1. The first-order valence-electron chi connectivity index (χ1n) is 9.40. The Kier molecular flexibility index (Phi) is 5.48. The number of amides is 2. The van der Waals surface area contributed by atoms with Gasteiger partial charge >= 0.3 is 6.03 Å². The highest BCUT2D eigenvalue weighted by Gasteiger charge is 2.42. The highest BCUT2D eigenvalue weighted by molar-refractivity contribution is 9.10. The summed E-state index contributed by atoms with van der Waals surface area (Å²) in [5.41, 5.74) is 1.58. The molecule has 2 aromatic carbocycles. The molecule has 1 aliphatic heterocycles. The minimum Gasteiger partial charge on any atom is -0.481 e. The van der Waals surface area contributed by atoms with Crippen LogP contribution in [0, 0.1) is 0 Å². The normalized spacial score (nSPS) is 21.7. The van der Waals surface area contributed by atoms with Gasteiger partial charge in [0.1, 0.15) is 19.1 Å². The van der Waals surface area contributed by atoms with Gasteiger partial charge in [0.15, 0.2) is 5.60 Å². The van der Waals surface area contributed by atoms with Crippen molar-refractivity contribution in [3.8, 4) is 5.75 Å². The molecule has 2 atom stereocenters. The van der Waals surface area contributed by atoms with Crippen LogP contribution in [-0.4, -0.2) is 36.2 Å². The van der Waals surface area contributed by atoms with Gasteiger partial charge in [-0.15, -0.1) is 0 Å². The molecule has 1 aliphatic carbocycles. The number of ether oxygens (including phenoxy) is 1. The average Bonchev–Trinajstić information content (AvgIpc) is 3.08. The van der Waals surface area contributed by atoms with Gasteiger partial charge in [-0.2, -0.15) is 0 Å². The molecule has 0 spiro atoms. The van der Waals surface area contributed by atoms with Crippen LogP contribution in [-0.2, 0) is 12.8 Å². The molecule has 1 heterocycles. The molecule has 0 aromatic heterocycles. The Morgan fingerprint density at radius 3 is 2.79 bits per heavy atom. The Morgan fingerprint density at radius 1 is 1.24 bits per heavy atom. The van der Waals surface area contributed by atoms with Crippen molar-refractivity contribution < 1.29 is 23.4 Å². The molecule has 0 radical (unpaired) electrons. The van der Waals surface area contributed by atoms with Crippen LogP contribution in [0.4, 0.5) is 19.3 Å². The van der Waals surface area contributed by atoms with E-state index in [0.29, 0.717) is 34.3 Å². The van der Waals surface area contributed by atoms with Crippen molar-refractivity contribution in [1.29, 1.82) is 0 Å². The van der Waals surface area contributed by atoms with Gasteiger partial charge in [0, 0.05) is 28.6 Å². The Hall–Kier alpha value is -2.19. The third-order valence-electron chi connectivity index (χ3n) is 5.46. The number of fused-ring (bicyclic) bond motifs is 2. The van der Waals surface area contributed by atoms with Gasteiger partial charge in [-0.3, -0.25) is 0 Å². The van der Waals surface area contributed by atoms with E-state index in [0.717, 1.165) is 11.1 Å². The highest BCUT2D eigenvalue weighted by Crippen LogP contribution is 2.41. The molecular formula is C21H21BrF2N2O3. The number of aliphatic hydroxyl groups is 1. The minimum absolute atomic E-state index is 0.0202. The first-order chi connectivity index (χ1) is 13.9. The lowest BCUT2D eigenvalue weighted by Crippen LogP contribution is -2.49. The fourth-order valence-electron chi connectivity index (χ4n) is 4.03. The number of nitrogens with one attached hydrogen (secondary N) is 2. The zero-order valence-corrected chi connectivity index (χ0v) is 17.1. The highest BCUT2D eigenvalue weighted by atomic mass is 79.9. The molecule has 2 amide bonds. The zero-order chi connectivity index (χ0) is 20.6. The van der Waals surface area contributed by atoms with Gasteiger partial charge in [0.05, 0.1) is 12.1 Å². The fraction of sp³-hybridized carbons (Fsp3) is 0.381. The maximum Gasteiger partial charge on any atom is 0.319 e. The van der Waals surface area contributed by atoms with Gasteiger partial charge in [-0.25, -0.2) is 13.6 Å². The van der Waals surface area contributed by atoms with E-state index in [-0.39, 0.29) is 6.42 Å². The number of hydrogen-bond acceptors (Lipinski definition) is 3. The Labute approximate surface area is 175 Å². The van der Waals surface area contributed by atoms with E-state index in [4.69, 9.17) is 4.74 Å². The van der Waals surface area contributed by atoms with Crippen molar-refractivity contribution in [3.05, 3.63) is 57.6 Å². The molecule has 4 rings (SSSR count). The van der Waals surface area contributed by atoms with E-state index in [1.54, 1.807) is 24.3 Å². The maximum atomic E-state index is 13.6.